The fourth-order valence-electron chi connectivity index (χ4n) is 3.73. The molecule has 2 aromatic rings. The second-order valence-corrected chi connectivity index (χ2v) is 7.07. The van der Waals surface area contributed by atoms with Crippen LogP contribution in [-0.4, -0.2) is 23.4 Å². The van der Waals surface area contributed by atoms with Crippen LogP contribution in [0, 0.1) is 0 Å². The smallest absolute Gasteiger partial charge is 0.416 e. The Morgan fingerprint density at radius 3 is 2.33 bits per heavy atom. The van der Waals surface area contributed by atoms with E-state index in [9.17, 15) is 23.4 Å². The highest BCUT2D eigenvalue weighted by molar-refractivity contribution is 5.43. The highest BCUT2D eigenvalue weighted by atomic mass is 19.4. The molecule has 0 radical (unpaired) electrons. The minimum Gasteiger partial charge on any atom is -0.504 e. The van der Waals surface area contributed by atoms with Crippen molar-refractivity contribution in [3.63, 3.8) is 0 Å². The third-order valence-corrected chi connectivity index (χ3v) is 5.03. The molecule has 0 amide bonds. The Bertz CT molecular complexity index is 807. The maximum Gasteiger partial charge on any atom is 0.416 e. The highest BCUT2D eigenvalue weighted by Gasteiger charge is 2.40. The van der Waals surface area contributed by atoms with Crippen LogP contribution in [0.1, 0.15) is 42.5 Å². The van der Waals surface area contributed by atoms with Crippen molar-refractivity contribution < 1.29 is 28.1 Å². The minimum atomic E-state index is -4.41. The molecule has 0 bridgehead atoms. The van der Waals surface area contributed by atoms with E-state index < -0.39 is 17.3 Å². The molecular formula is C20H22F3NO3. The van der Waals surface area contributed by atoms with Gasteiger partial charge in [0.05, 0.1) is 18.3 Å². The van der Waals surface area contributed by atoms with Crippen molar-refractivity contribution in [1.82, 2.24) is 5.32 Å². The molecule has 3 atom stereocenters. The average Bonchev–Trinajstić information content (AvgIpc) is 2.60. The van der Waals surface area contributed by atoms with Crippen LogP contribution in [0.25, 0.3) is 0 Å². The first kappa shape index (κ1) is 19.5. The highest BCUT2D eigenvalue weighted by Crippen LogP contribution is 2.42. The molecule has 4 nitrogen and oxygen atoms in total. The lowest BCUT2D eigenvalue weighted by Crippen LogP contribution is -2.46. The lowest BCUT2D eigenvalue weighted by atomic mass is 9.77. The van der Waals surface area contributed by atoms with E-state index in [0.717, 1.165) is 17.7 Å². The molecule has 2 aromatic carbocycles. The first-order valence-corrected chi connectivity index (χ1v) is 8.65. The van der Waals surface area contributed by atoms with Crippen molar-refractivity contribution >= 4 is 0 Å². The van der Waals surface area contributed by atoms with Gasteiger partial charge in [-0.1, -0.05) is 18.2 Å². The summed E-state index contributed by atoms with van der Waals surface area (Å²) in [4.78, 5) is 0. The molecule has 3 rings (SSSR count). The molecule has 3 N–H and O–H groups in total. The van der Waals surface area contributed by atoms with Crippen molar-refractivity contribution in [2.24, 2.45) is 0 Å². The lowest BCUT2D eigenvalue weighted by molar-refractivity contribution is -0.137. The van der Waals surface area contributed by atoms with Gasteiger partial charge in [-0.2, -0.15) is 13.2 Å². The van der Waals surface area contributed by atoms with Crippen molar-refractivity contribution in [2.45, 2.75) is 43.6 Å². The van der Waals surface area contributed by atoms with E-state index in [1.165, 1.54) is 19.2 Å². The second kappa shape index (κ2) is 7.05. The molecule has 0 saturated carbocycles. The zero-order chi connectivity index (χ0) is 19.8. The third-order valence-electron chi connectivity index (χ3n) is 5.03. The second-order valence-electron chi connectivity index (χ2n) is 7.07. The van der Waals surface area contributed by atoms with Gasteiger partial charge in [-0.05, 0) is 55.2 Å². The molecular weight excluding hydrogens is 359 g/mol. The van der Waals surface area contributed by atoms with Gasteiger partial charge in [0.2, 0.25) is 0 Å². The number of phenolic OH excluding ortho intramolecular Hbond substituents is 1. The van der Waals surface area contributed by atoms with Crippen LogP contribution in [0.4, 0.5) is 13.2 Å². The number of ether oxygens (including phenoxy) is 1. The molecule has 0 aliphatic carbocycles. The van der Waals surface area contributed by atoms with Gasteiger partial charge in [0.1, 0.15) is 0 Å². The minimum absolute atomic E-state index is 0.00639. The summed E-state index contributed by atoms with van der Waals surface area (Å²) in [5, 5.41) is 24.6. The molecule has 1 heterocycles. The number of phenols is 1. The number of halogens is 3. The summed E-state index contributed by atoms with van der Waals surface area (Å²) in [7, 11) is 1.46. The largest absolute Gasteiger partial charge is 0.504 e. The van der Waals surface area contributed by atoms with E-state index in [4.69, 9.17) is 4.74 Å². The van der Waals surface area contributed by atoms with Crippen LogP contribution in [0.3, 0.4) is 0 Å². The quantitative estimate of drug-likeness (QED) is 0.749. The first-order chi connectivity index (χ1) is 12.6. The van der Waals surface area contributed by atoms with Crippen molar-refractivity contribution in [3.8, 4) is 11.5 Å². The Hall–Kier alpha value is -2.25. The van der Waals surface area contributed by atoms with Gasteiger partial charge in [0, 0.05) is 12.1 Å². The first-order valence-electron chi connectivity index (χ1n) is 8.65. The number of alkyl halides is 3. The SMILES string of the molecule is COc1ccc([C@@H]2CC(O)(c3ccc(C(F)(F)F)cc3)C[C@H](C)N2)cc1O. The van der Waals surface area contributed by atoms with Crippen LogP contribution in [-0.2, 0) is 11.8 Å². The Labute approximate surface area is 155 Å². The molecule has 27 heavy (non-hydrogen) atoms. The zero-order valence-corrected chi connectivity index (χ0v) is 15.0. The third kappa shape index (κ3) is 4.04. The molecule has 146 valence electrons. The van der Waals surface area contributed by atoms with Gasteiger partial charge >= 0.3 is 6.18 Å². The van der Waals surface area contributed by atoms with Crippen molar-refractivity contribution in [2.75, 3.05) is 7.11 Å². The number of nitrogens with one attached hydrogen (secondary N) is 1. The van der Waals surface area contributed by atoms with Crippen molar-refractivity contribution in [3.05, 3.63) is 59.2 Å². The van der Waals surface area contributed by atoms with Gasteiger partial charge in [-0.25, -0.2) is 0 Å². The van der Waals surface area contributed by atoms with E-state index in [2.05, 4.69) is 5.32 Å². The van der Waals surface area contributed by atoms with Crippen LogP contribution in [0.2, 0.25) is 0 Å². The molecule has 1 unspecified atom stereocenters. The average molecular weight is 381 g/mol. The molecule has 0 aromatic heterocycles. The monoisotopic (exact) mass is 381 g/mol. The summed E-state index contributed by atoms with van der Waals surface area (Å²) in [6, 6.07) is 9.33. The predicted octanol–water partition coefficient (Wildman–Crippen LogP) is 4.12. The van der Waals surface area contributed by atoms with Crippen LogP contribution >= 0.6 is 0 Å². The summed E-state index contributed by atoms with van der Waals surface area (Å²) in [5.74, 6) is 0.341. The summed E-state index contributed by atoms with van der Waals surface area (Å²) in [6.45, 7) is 1.91. The molecule has 1 aliphatic heterocycles. The van der Waals surface area contributed by atoms with Gasteiger partial charge in [-0.15, -0.1) is 0 Å². The van der Waals surface area contributed by atoms with E-state index >= 15 is 0 Å². The molecule has 1 fully saturated rings. The standard InChI is InChI=1S/C20H22F3NO3/c1-12-10-19(26,14-4-6-15(7-5-14)20(21,22)23)11-16(24-12)13-3-8-18(27-2)17(25)9-13/h3-9,12,16,24-26H,10-11H2,1-2H3/t12-,16-,19?/m0/s1. The maximum absolute atomic E-state index is 12.8. The topological polar surface area (TPSA) is 61.7 Å². The Kier molecular flexibility index (Phi) is 5.10. The number of rotatable bonds is 3. The predicted molar refractivity (Wildman–Crippen MR) is 94.6 cm³/mol. The van der Waals surface area contributed by atoms with Gasteiger partial charge in [-0.3, -0.25) is 0 Å². The normalized spacial score (nSPS) is 26.0. The number of hydrogen-bond acceptors (Lipinski definition) is 4. The molecule has 7 heteroatoms. The van der Waals surface area contributed by atoms with Crippen molar-refractivity contribution in [1.29, 1.82) is 0 Å². The van der Waals surface area contributed by atoms with E-state index in [1.807, 2.05) is 6.92 Å². The number of methoxy groups -OCH3 is 1. The van der Waals surface area contributed by atoms with Gasteiger partial charge in [0.15, 0.2) is 11.5 Å². The summed E-state index contributed by atoms with van der Waals surface area (Å²) in [6.07, 6.45) is -3.77. The number of aliphatic hydroxyl groups is 1. The molecule has 1 aliphatic rings. The summed E-state index contributed by atoms with van der Waals surface area (Å²) < 4.78 is 43.4. The van der Waals surface area contributed by atoms with Crippen LogP contribution < -0.4 is 10.1 Å². The lowest BCUT2D eigenvalue weighted by Gasteiger charge is -2.41. The van der Waals surface area contributed by atoms with Gasteiger partial charge in [0.25, 0.3) is 0 Å². The van der Waals surface area contributed by atoms with E-state index in [-0.39, 0.29) is 24.3 Å². The zero-order valence-electron chi connectivity index (χ0n) is 15.0. The van der Waals surface area contributed by atoms with Crippen LogP contribution in [0.15, 0.2) is 42.5 Å². The van der Waals surface area contributed by atoms with Crippen LogP contribution in [0.5, 0.6) is 11.5 Å². The molecule has 0 spiro atoms. The van der Waals surface area contributed by atoms with E-state index in [1.54, 1.807) is 18.2 Å². The Balaban J connectivity index is 1.88. The number of aromatic hydroxyl groups is 1. The maximum atomic E-state index is 12.8. The summed E-state index contributed by atoms with van der Waals surface area (Å²) in [5.41, 5.74) is -0.792. The number of piperidine rings is 1. The Morgan fingerprint density at radius 2 is 1.78 bits per heavy atom. The fraction of sp³-hybridized carbons (Fsp3) is 0.400. The summed E-state index contributed by atoms with van der Waals surface area (Å²) >= 11 is 0. The fourth-order valence-corrected chi connectivity index (χ4v) is 3.73. The number of hydrogen-bond donors (Lipinski definition) is 3. The number of benzene rings is 2. The Morgan fingerprint density at radius 1 is 1.11 bits per heavy atom. The molecule has 1 saturated heterocycles. The van der Waals surface area contributed by atoms with Gasteiger partial charge < -0.3 is 20.3 Å². The van der Waals surface area contributed by atoms with E-state index in [0.29, 0.717) is 17.7 Å².